The van der Waals surface area contributed by atoms with Gasteiger partial charge in [-0.15, -0.1) is 0 Å². The van der Waals surface area contributed by atoms with Gasteiger partial charge in [0.15, 0.2) is 0 Å². The standard InChI is InChI=1S/C21H24FNO4/c1-26-13-16-3-5-17(6-4-16)20(24)23-12-2-11-21(25,14-23)15-27-19-9-7-18(22)8-10-19/h3-10,25H,2,11-15H2,1H3. The van der Waals surface area contributed by atoms with Crippen molar-refractivity contribution in [1.29, 1.82) is 0 Å². The number of likely N-dealkylation sites (tertiary alicyclic amines) is 1. The van der Waals surface area contributed by atoms with E-state index in [9.17, 15) is 14.3 Å². The summed E-state index contributed by atoms with van der Waals surface area (Å²) in [5.41, 5.74) is 0.452. The molecule has 1 aliphatic heterocycles. The van der Waals surface area contributed by atoms with E-state index in [1.54, 1.807) is 24.1 Å². The lowest BCUT2D eigenvalue weighted by atomic mass is 9.93. The first kappa shape index (κ1) is 19.3. The highest BCUT2D eigenvalue weighted by atomic mass is 19.1. The maximum Gasteiger partial charge on any atom is 0.253 e. The number of carbonyl (C=O) groups excluding carboxylic acids is 1. The predicted octanol–water partition coefficient (Wildman–Crippen LogP) is 3.02. The van der Waals surface area contributed by atoms with Crippen molar-refractivity contribution in [2.45, 2.75) is 25.0 Å². The number of amides is 1. The van der Waals surface area contributed by atoms with Crippen LogP contribution < -0.4 is 4.74 Å². The number of carbonyl (C=O) groups is 1. The summed E-state index contributed by atoms with van der Waals surface area (Å²) in [6, 6.07) is 12.9. The predicted molar refractivity (Wildman–Crippen MR) is 99.1 cm³/mol. The Morgan fingerprint density at radius 1 is 1.19 bits per heavy atom. The van der Waals surface area contributed by atoms with Gasteiger partial charge in [-0.1, -0.05) is 12.1 Å². The van der Waals surface area contributed by atoms with Crippen LogP contribution in [-0.4, -0.2) is 48.3 Å². The number of β-amino-alcohol motifs (C(OH)–C–C–N with tert-alkyl or cyclic N) is 1. The third-order valence-electron chi connectivity index (χ3n) is 4.68. The molecule has 1 N–H and O–H groups in total. The van der Waals surface area contributed by atoms with Crippen LogP contribution in [0.2, 0.25) is 0 Å². The van der Waals surface area contributed by atoms with Crippen molar-refractivity contribution in [2.24, 2.45) is 0 Å². The molecule has 1 saturated heterocycles. The van der Waals surface area contributed by atoms with Crippen LogP contribution in [0.3, 0.4) is 0 Å². The van der Waals surface area contributed by atoms with Crippen LogP contribution >= 0.6 is 0 Å². The van der Waals surface area contributed by atoms with E-state index in [-0.39, 0.29) is 24.9 Å². The van der Waals surface area contributed by atoms with Crippen LogP contribution in [0.15, 0.2) is 48.5 Å². The zero-order valence-corrected chi connectivity index (χ0v) is 15.4. The molecule has 1 atom stereocenters. The second-order valence-electron chi connectivity index (χ2n) is 6.93. The van der Waals surface area contributed by atoms with Crippen LogP contribution in [0.5, 0.6) is 5.75 Å². The number of rotatable bonds is 6. The Morgan fingerprint density at radius 2 is 1.89 bits per heavy atom. The quantitative estimate of drug-likeness (QED) is 0.846. The summed E-state index contributed by atoms with van der Waals surface area (Å²) in [7, 11) is 1.63. The summed E-state index contributed by atoms with van der Waals surface area (Å²) in [6.45, 7) is 1.35. The smallest absolute Gasteiger partial charge is 0.253 e. The molecule has 2 aromatic rings. The van der Waals surface area contributed by atoms with Gasteiger partial charge in [-0.2, -0.15) is 0 Å². The Kier molecular flexibility index (Phi) is 6.08. The molecule has 0 bridgehead atoms. The molecule has 0 aromatic heterocycles. The van der Waals surface area contributed by atoms with E-state index in [4.69, 9.17) is 9.47 Å². The van der Waals surface area contributed by atoms with Crippen LogP contribution in [0.1, 0.15) is 28.8 Å². The van der Waals surface area contributed by atoms with Crippen molar-refractivity contribution >= 4 is 5.91 Å². The van der Waals surface area contributed by atoms with Gasteiger partial charge in [0.2, 0.25) is 0 Å². The van der Waals surface area contributed by atoms with Gasteiger partial charge in [0.05, 0.1) is 13.2 Å². The minimum atomic E-state index is -1.13. The third kappa shape index (κ3) is 5.05. The topological polar surface area (TPSA) is 59.0 Å². The molecule has 1 unspecified atom stereocenters. The van der Waals surface area contributed by atoms with Crippen molar-refractivity contribution < 1.29 is 23.8 Å². The lowest BCUT2D eigenvalue weighted by Gasteiger charge is -2.39. The zero-order valence-electron chi connectivity index (χ0n) is 15.4. The highest BCUT2D eigenvalue weighted by Gasteiger charge is 2.36. The first-order valence-electron chi connectivity index (χ1n) is 8.97. The van der Waals surface area contributed by atoms with Gasteiger partial charge in [0.25, 0.3) is 5.91 Å². The molecule has 6 heteroatoms. The molecule has 1 fully saturated rings. The minimum Gasteiger partial charge on any atom is -0.491 e. The zero-order chi connectivity index (χ0) is 19.3. The number of aliphatic hydroxyl groups is 1. The molecule has 5 nitrogen and oxygen atoms in total. The van der Waals surface area contributed by atoms with E-state index in [0.29, 0.717) is 37.3 Å². The van der Waals surface area contributed by atoms with Crippen molar-refractivity contribution in [3.8, 4) is 5.75 Å². The lowest BCUT2D eigenvalue weighted by molar-refractivity contribution is -0.0532. The number of nitrogens with zero attached hydrogens (tertiary/aromatic N) is 1. The number of benzene rings is 2. The first-order valence-corrected chi connectivity index (χ1v) is 8.97. The maximum atomic E-state index is 13.0. The average Bonchev–Trinajstić information content (AvgIpc) is 2.68. The molecular formula is C21H24FNO4. The molecular weight excluding hydrogens is 349 g/mol. The first-order chi connectivity index (χ1) is 13.0. The Balaban J connectivity index is 1.61. The number of methoxy groups -OCH3 is 1. The van der Waals surface area contributed by atoms with E-state index < -0.39 is 5.60 Å². The Morgan fingerprint density at radius 3 is 2.56 bits per heavy atom. The normalized spacial score (nSPS) is 19.7. The van der Waals surface area contributed by atoms with Gasteiger partial charge in [-0.05, 0) is 54.8 Å². The molecule has 3 rings (SSSR count). The van der Waals surface area contributed by atoms with Crippen molar-refractivity contribution in [3.63, 3.8) is 0 Å². The van der Waals surface area contributed by atoms with Crippen molar-refractivity contribution in [3.05, 3.63) is 65.5 Å². The molecule has 1 heterocycles. The molecule has 2 aromatic carbocycles. The minimum absolute atomic E-state index is 0.0508. The van der Waals surface area contributed by atoms with E-state index in [1.165, 1.54) is 24.3 Å². The summed E-state index contributed by atoms with van der Waals surface area (Å²) in [6.07, 6.45) is 1.24. The maximum absolute atomic E-state index is 13.0. The lowest BCUT2D eigenvalue weighted by Crippen LogP contribution is -2.53. The van der Waals surface area contributed by atoms with Crippen LogP contribution in [0, 0.1) is 5.82 Å². The summed E-state index contributed by atoms with van der Waals surface area (Å²) in [5, 5.41) is 10.9. The molecule has 0 aliphatic carbocycles. The van der Waals surface area contributed by atoms with Gasteiger partial charge in [-0.3, -0.25) is 4.79 Å². The average molecular weight is 373 g/mol. The van der Waals surface area contributed by atoms with Crippen molar-refractivity contribution in [1.82, 2.24) is 4.90 Å². The Bertz CT molecular complexity index is 763. The van der Waals surface area contributed by atoms with Crippen LogP contribution in [0.25, 0.3) is 0 Å². The fourth-order valence-electron chi connectivity index (χ4n) is 3.24. The summed E-state index contributed by atoms with van der Waals surface area (Å²) in [4.78, 5) is 14.4. The molecule has 0 radical (unpaired) electrons. The fraction of sp³-hybridized carbons (Fsp3) is 0.381. The van der Waals surface area contributed by atoms with E-state index >= 15 is 0 Å². The SMILES string of the molecule is COCc1ccc(C(=O)N2CCCC(O)(COc3ccc(F)cc3)C2)cc1. The molecule has 0 saturated carbocycles. The third-order valence-corrected chi connectivity index (χ3v) is 4.68. The fourth-order valence-corrected chi connectivity index (χ4v) is 3.24. The Labute approximate surface area is 158 Å². The molecule has 1 aliphatic rings. The molecule has 144 valence electrons. The highest BCUT2D eigenvalue weighted by molar-refractivity contribution is 5.94. The number of ether oxygens (including phenoxy) is 2. The molecule has 1 amide bonds. The number of halogens is 1. The van der Waals surface area contributed by atoms with Gasteiger partial charge >= 0.3 is 0 Å². The van der Waals surface area contributed by atoms with Crippen molar-refractivity contribution in [2.75, 3.05) is 26.8 Å². The largest absolute Gasteiger partial charge is 0.491 e. The van der Waals surface area contributed by atoms with Crippen LogP contribution in [0.4, 0.5) is 4.39 Å². The Hall–Kier alpha value is -2.44. The van der Waals surface area contributed by atoms with Crippen LogP contribution in [-0.2, 0) is 11.3 Å². The van der Waals surface area contributed by atoms with E-state index in [1.807, 2.05) is 12.1 Å². The number of hydrogen-bond acceptors (Lipinski definition) is 4. The number of piperidine rings is 1. The summed E-state index contributed by atoms with van der Waals surface area (Å²) < 4.78 is 23.7. The van der Waals surface area contributed by atoms with Gasteiger partial charge < -0.3 is 19.5 Å². The van der Waals surface area contributed by atoms with Gasteiger partial charge in [-0.25, -0.2) is 4.39 Å². The summed E-state index contributed by atoms with van der Waals surface area (Å²) >= 11 is 0. The monoisotopic (exact) mass is 373 g/mol. The van der Waals surface area contributed by atoms with E-state index in [0.717, 1.165) is 5.56 Å². The second kappa shape index (κ2) is 8.50. The molecule has 0 spiro atoms. The second-order valence-corrected chi connectivity index (χ2v) is 6.93. The highest BCUT2D eigenvalue weighted by Crippen LogP contribution is 2.24. The van der Waals surface area contributed by atoms with E-state index in [2.05, 4.69) is 0 Å². The van der Waals surface area contributed by atoms with Gasteiger partial charge in [0.1, 0.15) is 23.8 Å². The molecule has 27 heavy (non-hydrogen) atoms. The van der Waals surface area contributed by atoms with Gasteiger partial charge in [0, 0.05) is 19.2 Å². The number of hydrogen-bond donors (Lipinski definition) is 1. The summed E-state index contributed by atoms with van der Waals surface area (Å²) in [5.74, 6) is 0.0351.